The quantitative estimate of drug-likeness (QED) is 0.269. The Labute approximate surface area is 197 Å². The number of methoxy groups -OCH3 is 1. The zero-order valence-electron chi connectivity index (χ0n) is 19.1. The molecule has 2 aliphatic carbocycles. The van der Waals surface area contributed by atoms with Gasteiger partial charge in [-0.1, -0.05) is 19.6 Å². The Bertz CT molecular complexity index is 908. The van der Waals surface area contributed by atoms with Gasteiger partial charge in [0, 0.05) is 18.4 Å². The second-order valence-corrected chi connectivity index (χ2v) is 9.65. The Morgan fingerprint density at radius 2 is 2.03 bits per heavy atom. The molecule has 0 radical (unpaired) electrons. The zero-order valence-corrected chi connectivity index (χ0v) is 19.8. The first-order valence-electron chi connectivity index (χ1n) is 10.7. The summed E-state index contributed by atoms with van der Waals surface area (Å²) in [5.41, 5.74) is -2.24. The summed E-state index contributed by atoms with van der Waals surface area (Å²) in [7, 11) is 1.17. The van der Waals surface area contributed by atoms with E-state index in [1.165, 1.54) is 14.0 Å². The van der Waals surface area contributed by atoms with Crippen LogP contribution < -0.4 is 0 Å². The van der Waals surface area contributed by atoms with Gasteiger partial charge in [0.1, 0.15) is 6.10 Å². The van der Waals surface area contributed by atoms with Crippen molar-refractivity contribution < 1.29 is 43.2 Å². The van der Waals surface area contributed by atoms with Crippen molar-refractivity contribution in [1.82, 2.24) is 0 Å². The van der Waals surface area contributed by atoms with Gasteiger partial charge in [0.25, 0.3) is 0 Å². The molecule has 0 spiro atoms. The molecular formula is C23H29ClO9. The van der Waals surface area contributed by atoms with Gasteiger partial charge in [-0.25, -0.2) is 14.4 Å². The van der Waals surface area contributed by atoms with Gasteiger partial charge in [-0.3, -0.25) is 4.79 Å². The number of hydrogen-bond acceptors (Lipinski definition) is 9. The molecule has 1 heterocycles. The third-order valence-electron chi connectivity index (χ3n) is 6.78. The molecule has 182 valence electrons. The Morgan fingerprint density at radius 1 is 1.36 bits per heavy atom. The number of aliphatic hydroxyl groups is 1. The lowest BCUT2D eigenvalue weighted by molar-refractivity contribution is -0.183. The smallest absolute Gasteiger partial charge is 0.339 e. The molecule has 1 saturated heterocycles. The minimum Gasteiger partial charge on any atom is -0.466 e. The summed E-state index contributed by atoms with van der Waals surface area (Å²) in [5, 5.41) is 10.4. The van der Waals surface area contributed by atoms with Gasteiger partial charge in [-0.05, 0) is 31.6 Å². The number of alkyl halides is 1. The lowest BCUT2D eigenvalue weighted by Crippen LogP contribution is -2.50. The van der Waals surface area contributed by atoms with Crippen LogP contribution in [0.25, 0.3) is 0 Å². The van der Waals surface area contributed by atoms with Gasteiger partial charge in [-0.2, -0.15) is 0 Å². The highest BCUT2D eigenvalue weighted by Crippen LogP contribution is 2.61. The topological polar surface area (TPSA) is 125 Å². The molecule has 0 bridgehead atoms. The fourth-order valence-electron chi connectivity index (χ4n) is 4.67. The number of esters is 4. The maximum atomic E-state index is 12.8. The van der Waals surface area contributed by atoms with E-state index in [-0.39, 0.29) is 22.5 Å². The van der Waals surface area contributed by atoms with Gasteiger partial charge >= 0.3 is 23.9 Å². The van der Waals surface area contributed by atoms with Gasteiger partial charge in [0.05, 0.1) is 24.5 Å². The predicted octanol–water partition coefficient (Wildman–Crippen LogP) is 1.84. The second kappa shape index (κ2) is 9.10. The monoisotopic (exact) mass is 484 g/mol. The van der Waals surface area contributed by atoms with E-state index in [9.17, 15) is 24.3 Å². The third-order valence-corrected chi connectivity index (χ3v) is 7.30. The summed E-state index contributed by atoms with van der Waals surface area (Å²) >= 11 is 5.73. The third kappa shape index (κ3) is 4.80. The number of hydrogen-bond donors (Lipinski definition) is 1. The average molecular weight is 485 g/mol. The molecule has 0 aromatic carbocycles. The van der Waals surface area contributed by atoms with E-state index in [4.69, 9.17) is 30.5 Å². The van der Waals surface area contributed by atoms with Gasteiger partial charge < -0.3 is 24.1 Å². The van der Waals surface area contributed by atoms with E-state index in [0.29, 0.717) is 12.8 Å². The molecule has 2 unspecified atom stereocenters. The van der Waals surface area contributed by atoms with Crippen molar-refractivity contribution in [3.05, 3.63) is 23.8 Å². The van der Waals surface area contributed by atoms with Crippen molar-refractivity contribution in [2.45, 2.75) is 63.9 Å². The Balaban J connectivity index is 2.17. The van der Waals surface area contributed by atoms with Crippen LogP contribution in [0.4, 0.5) is 0 Å². The molecule has 0 amide bonds. The Hall–Kier alpha value is -2.39. The van der Waals surface area contributed by atoms with E-state index < -0.39 is 59.6 Å². The molecule has 0 aromatic heterocycles. The van der Waals surface area contributed by atoms with E-state index >= 15 is 0 Å². The first kappa shape index (κ1) is 25.2. The summed E-state index contributed by atoms with van der Waals surface area (Å²) in [6.07, 6.45) is -0.00928. The largest absolute Gasteiger partial charge is 0.466 e. The first-order valence-corrected chi connectivity index (χ1v) is 11.2. The number of rotatable bonds is 5. The van der Waals surface area contributed by atoms with Gasteiger partial charge in [0.2, 0.25) is 0 Å². The lowest BCUT2D eigenvalue weighted by atomic mass is 9.80. The normalized spacial score (nSPS) is 36.7. The fourth-order valence-corrected chi connectivity index (χ4v) is 4.78. The summed E-state index contributed by atoms with van der Waals surface area (Å²) in [4.78, 5) is 50.1. The molecule has 33 heavy (non-hydrogen) atoms. The van der Waals surface area contributed by atoms with E-state index in [2.05, 4.69) is 13.5 Å². The average Bonchev–Trinajstić information content (AvgIpc) is 3.34. The van der Waals surface area contributed by atoms with Crippen LogP contribution in [-0.4, -0.2) is 65.9 Å². The lowest BCUT2D eigenvalue weighted by Gasteiger charge is -2.35. The summed E-state index contributed by atoms with van der Waals surface area (Å²) in [6, 6.07) is 0. The van der Waals surface area contributed by atoms with Crippen LogP contribution in [0.1, 0.15) is 40.0 Å². The number of ether oxygens (including phenoxy) is 4. The second-order valence-electron chi connectivity index (χ2n) is 9.38. The Morgan fingerprint density at radius 3 is 2.61 bits per heavy atom. The van der Waals surface area contributed by atoms with Crippen molar-refractivity contribution in [3.8, 4) is 0 Å². The van der Waals surface area contributed by atoms with Crippen LogP contribution >= 0.6 is 11.6 Å². The summed E-state index contributed by atoms with van der Waals surface area (Å²) in [6.45, 7) is 8.20. The molecule has 3 rings (SSSR count). The molecule has 10 heteroatoms. The van der Waals surface area contributed by atoms with Crippen molar-refractivity contribution in [2.75, 3.05) is 13.0 Å². The molecule has 1 N–H and O–H groups in total. The van der Waals surface area contributed by atoms with Crippen molar-refractivity contribution >= 4 is 35.5 Å². The highest BCUT2D eigenvalue weighted by atomic mass is 35.5. The number of carbonyl (C=O) groups is 4. The molecule has 0 aromatic rings. The maximum absolute atomic E-state index is 12.8. The molecule has 9 nitrogen and oxygen atoms in total. The van der Waals surface area contributed by atoms with Crippen LogP contribution in [-0.2, 0) is 38.1 Å². The van der Waals surface area contributed by atoms with Crippen LogP contribution in [0.15, 0.2) is 23.8 Å². The summed E-state index contributed by atoms with van der Waals surface area (Å²) in [5.74, 6) is -4.72. The van der Waals surface area contributed by atoms with Crippen molar-refractivity contribution in [1.29, 1.82) is 0 Å². The number of allylic oxidation sites excluding steroid dienone is 1. The minimum absolute atomic E-state index is 0.0273. The number of carbonyl (C=O) groups excluding carboxylic acids is 4. The van der Waals surface area contributed by atoms with Crippen molar-refractivity contribution in [2.24, 2.45) is 17.3 Å². The highest BCUT2D eigenvalue weighted by Gasteiger charge is 2.63. The predicted molar refractivity (Wildman–Crippen MR) is 115 cm³/mol. The summed E-state index contributed by atoms with van der Waals surface area (Å²) < 4.78 is 21.7. The SMILES string of the molecule is C=C1C(=O)O[C@H]2[C@H]1[C@@H](OC(=O)C(C)(O)CCl)C(OC(C)=O)/C(C(=O)OC)=C\CC[C@@]1(C)C[C@H]21. The molecule has 7 atom stereocenters. The minimum atomic E-state index is -2.07. The van der Waals surface area contributed by atoms with E-state index in [1.54, 1.807) is 6.08 Å². The van der Waals surface area contributed by atoms with E-state index in [0.717, 1.165) is 13.3 Å². The van der Waals surface area contributed by atoms with Crippen LogP contribution in [0.2, 0.25) is 0 Å². The first-order chi connectivity index (χ1) is 15.4. The maximum Gasteiger partial charge on any atom is 0.339 e. The fraction of sp³-hybridized carbons (Fsp3) is 0.652. The Kier molecular flexibility index (Phi) is 6.96. The van der Waals surface area contributed by atoms with Crippen molar-refractivity contribution in [3.63, 3.8) is 0 Å². The molecule has 2 fully saturated rings. The molecule has 3 aliphatic rings. The van der Waals surface area contributed by atoms with E-state index in [1.807, 2.05) is 0 Å². The zero-order chi connectivity index (χ0) is 24.7. The van der Waals surface area contributed by atoms with Crippen LogP contribution in [0.3, 0.4) is 0 Å². The molecule has 1 aliphatic heterocycles. The van der Waals surface area contributed by atoms with Gasteiger partial charge in [0.15, 0.2) is 17.8 Å². The highest BCUT2D eigenvalue weighted by molar-refractivity contribution is 6.20. The van der Waals surface area contributed by atoms with Crippen LogP contribution in [0, 0.1) is 17.3 Å². The van der Waals surface area contributed by atoms with Gasteiger partial charge in [-0.15, -0.1) is 11.6 Å². The number of fused-ring (bicyclic) bond motifs is 3. The number of halogens is 1. The van der Waals surface area contributed by atoms with Crippen LogP contribution in [0.5, 0.6) is 0 Å². The molecule has 1 saturated carbocycles. The standard InChI is InChI=1S/C23H29ClO9/c1-11-15-17(32-19(11)26)14-9-22(14,3)8-6-7-13(20(27)30-5)16(31-12(2)25)18(15)33-21(28)23(4,29)10-24/h7,14-18,29H,1,6,8-10H2,2-5H3/b13-7+/t14-,15+,16?,17-,18-,22+,23?/m1/s1. The molecular weight excluding hydrogens is 456 g/mol.